The second-order valence-corrected chi connectivity index (χ2v) is 12.2. The highest BCUT2D eigenvalue weighted by atomic mass is 32.2. The van der Waals surface area contributed by atoms with Crippen LogP contribution in [0.3, 0.4) is 0 Å². The van der Waals surface area contributed by atoms with Gasteiger partial charge in [-0.1, -0.05) is 49.7 Å². The summed E-state index contributed by atoms with van der Waals surface area (Å²) < 4.78 is 25.1. The highest BCUT2D eigenvalue weighted by Gasteiger charge is 2.23. The molecule has 0 fully saturated rings. The van der Waals surface area contributed by atoms with Crippen LogP contribution in [0.4, 0.5) is 0 Å². The number of nitrogens with two attached hydrogens (primary N) is 3. The first-order valence-electron chi connectivity index (χ1n) is 13.4. The lowest BCUT2D eigenvalue weighted by Crippen LogP contribution is -2.35. The van der Waals surface area contributed by atoms with Crippen molar-refractivity contribution in [2.24, 2.45) is 17.3 Å². The van der Waals surface area contributed by atoms with E-state index in [-0.39, 0.29) is 16.5 Å². The van der Waals surface area contributed by atoms with Crippen molar-refractivity contribution >= 4 is 15.9 Å². The van der Waals surface area contributed by atoms with Crippen LogP contribution in [0, 0.1) is 6.92 Å². The summed E-state index contributed by atoms with van der Waals surface area (Å²) in [5.41, 5.74) is 16.5. The van der Waals surface area contributed by atoms with Crippen LogP contribution >= 0.6 is 0 Å². The molecule has 0 saturated heterocycles. The molecule has 0 saturated carbocycles. The van der Waals surface area contributed by atoms with Gasteiger partial charge in [0.1, 0.15) is 0 Å². The molecule has 2 aromatic carbocycles. The number of allylic oxidation sites excluding steroid dienone is 1. The molecule has 1 atom stereocenters. The van der Waals surface area contributed by atoms with Crippen molar-refractivity contribution < 1.29 is 13.2 Å². The Morgan fingerprint density at radius 3 is 2.26 bits per heavy atom. The van der Waals surface area contributed by atoms with Crippen LogP contribution in [-0.2, 0) is 27.8 Å². The number of carbonyl (C=O) groups excluding carboxylic acids is 1. The lowest BCUT2D eigenvalue weighted by molar-refractivity contribution is -0.116. The zero-order chi connectivity index (χ0) is 29.8. The van der Waals surface area contributed by atoms with Crippen molar-refractivity contribution in [3.05, 3.63) is 76.6 Å². The van der Waals surface area contributed by atoms with Crippen molar-refractivity contribution in [2.45, 2.75) is 90.7 Å². The molecule has 1 unspecified atom stereocenters. The number of nitrogens with one attached hydrogen (secondary N) is 2. The van der Waals surface area contributed by atoms with E-state index in [1.807, 2.05) is 33.9 Å². The van der Waals surface area contributed by atoms with Gasteiger partial charge in [-0.3, -0.25) is 4.79 Å². The molecule has 1 amide bonds. The van der Waals surface area contributed by atoms with E-state index in [4.69, 9.17) is 17.3 Å². The van der Waals surface area contributed by atoms with Crippen molar-refractivity contribution in [2.75, 3.05) is 6.54 Å². The minimum atomic E-state index is -3.62. The van der Waals surface area contributed by atoms with Gasteiger partial charge in [-0.2, -0.15) is 0 Å². The van der Waals surface area contributed by atoms with Crippen molar-refractivity contribution in [3.8, 4) is 0 Å². The molecule has 0 aromatic heterocycles. The molecule has 8 N–H and O–H groups in total. The van der Waals surface area contributed by atoms with E-state index in [0.717, 1.165) is 30.6 Å². The van der Waals surface area contributed by atoms with E-state index in [2.05, 4.69) is 49.0 Å². The van der Waals surface area contributed by atoms with Gasteiger partial charge >= 0.3 is 0 Å². The Morgan fingerprint density at radius 1 is 1.10 bits per heavy atom. The van der Waals surface area contributed by atoms with Gasteiger partial charge in [-0.15, -0.1) is 0 Å². The highest BCUT2D eigenvalue weighted by Crippen LogP contribution is 2.33. The number of hydrogen-bond donors (Lipinski definition) is 5. The molecule has 39 heavy (non-hydrogen) atoms. The Kier molecular flexibility index (Phi) is 13.7. The minimum Gasteiger partial charge on any atom is -0.401 e. The van der Waals surface area contributed by atoms with Crippen LogP contribution in [-0.4, -0.2) is 31.4 Å². The van der Waals surface area contributed by atoms with E-state index in [1.54, 1.807) is 17.1 Å². The van der Waals surface area contributed by atoms with Crippen LogP contribution in [0.25, 0.3) is 0 Å². The largest absolute Gasteiger partial charge is 0.401 e. The second-order valence-electron chi connectivity index (χ2n) is 10.5. The molecule has 10 heteroatoms. The predicted molar refractivity (Wildman–Crippen MR) is 160 cm³/mol. The number of hydrogen-bond acceptors (Lipinski definition) is 7. The number of carbonyl (C=O) groups is 1. The summed E-state index contributed by atoms with van der Waals surface area (Å²) in [5, 5.41) is 5.31. The fourth-order valence-corrected chi connectivity index (χ4v) is 4.91. The minimum absolute atomic E-state index is 0.120. The van der Waals surface area contributed by atoms with Gasteiger partial charge in [0, 0.05) is 24.0 Å². The molecular weight excluding hydrogens is 512 g/mol. The molecular formula is C29H48N6O3S. The number of rotatable bonds is 8. The van der Waals surface area contributed by atoms with Gasteiger partial charge < -0.3 is 21.8 Å². The standard InChI is InChI=1S/C18H30N4.C9H12N2O3S.C2H6/c1-13(19)12-22(20)17-7-5-6-15-10-14(8-9-16(15)17)11-21-18(2,3)4;1-7-2-4-8(5-3-7)15(13,14)11-6-9(10)12;1-2/h8-10,12,17,21H,5-7,11,19-20H2,1-4H3;2-5,11H,6H2,1H3,(H2,10,12);1-2H3/b13-12-;;. The Balaban J connectivity index is 0.000000391. The van der Waals surface area contributed by atoms with Gasteiger partial charge in [-0.05, 0) is 82.7 Å². The van der Waals surface area contributed by atoms with Gasteiger partial charge in [0.15, 0.2) is 0 Å². The van der Waals surface area contributed by atoms with Crippen LogP contribution < -0.4 is 27.3 Å². The molecule has 0 radical (unpaired) electrons. The average molecular weight is 561 g/mol. The Bertz CT molecular complexity index is 1180. The quantitative estimate of drug-likeness (QED) is 0.243. The Morgan fingerprint density at radius 2 is 1.72 bits per heavy atom. The summed E-state index contributed by atoms with van der Waals surface area (Å²) >= 11 is 0. The van der Waals surface area contributed by atoms with Crippen molar-refractivity contribution in [1.29, 1.82) is 0 Å². The number of aryl methyl sites for hydroxylation is 2. The average Bonchev–Trinajstić information content (AvgIpc) is 2.87. The first-order valence-corrected chi connectivity index (χ1v) is 14.8. The molecule has 3 rings (SSSR count). The SMILES string of the molecule is C/C(N)=C/N(N)C1CCCc2cc(CNC(C)(C)C)ccc21.CC.Cc1ccc(S(=O)(=O)NCC(N)=O)cc1. The van der Waals surface area contributed by atoms with E-state index in [9.17, 15) is 13.2 Å². The van der Waals surface area contributed by atoms with E-state index in [0.29, 0.717) is 0 Å². The third-order valence-electron chi connectivity index (χ3n) is 5.79. The molecule has 0 spiro atoms. The maximum atomic E-state index is 11.5. The number of amides is 1. The predicted octanol–water partition coefficient (Wildman–Crippen LogP) is 3.73. The summed E-state index contributed by atoms with van der Waals surface area (Å²) in [6.07, 6.45) is 5.20. The number of fused-ring (bicyclic) bond motifs is 1. The normalized spacial score (nSPS) is 15.2. The van der Waals surface area contributed by atoms with Gasteiger partial charge in [0.2, 0.25) is 15.9 Å². The third kappa shape index (κ3) is 12.2. The summed E-state index contributed by atoms with van der Waals surface area (Å²) in [7, 11) is -3.62. The summed E-state index contributed by atoms with van der Waals surface area (Å²) in [6.45, 7) is 14.8. The first kappa shape index (κ1) is 34.1. The van der Waals surface area contributed by atoms with Crippen molar-refractivity contribution in [1.82, 2.24) is 15.0 Å². The van der Waals surface area contributed by atoms with Crippen LogP contribution in [0.5, 0.6) is 0 Å². The zero-order valence-electron chi connectivity index (χ0n) is 24.5. The van der Waals surface area contributed by atoms with E-state index < -0.39 is 22.5 Å². The molecule has 218 valence electrons. The maximum Gasteiger partial charge on any atom is 0.241 e. The number of benzene rings is 2. The number of nitrogens with zero attached hydrogens (tertiary/aromatic N) is 1. The third-order valence-corrected chi connectivity index (χ3v) is 7.21. The number of primary amides is 1. The molecule has 0 aliphatic heterocycles. The van der Waals surface area contributed by atoms with Gasteiger partial charge in [-0.25, -0.2) is 19.0 Å². The van der Waals surface area contributed by atoms with Crippen LogP contribution in [0.1, 0.15) is 82.7 Å². The van der Waals surface area contributed by atoms with Gasteiger partial charge in [0.25, 0.3) is 0 Å². The van der Waals surface area contributed by atoms with Gasteiger partial charge in [0.05, 0.1) is 17.5 Å². The molecule has 1 aliphatic rings. The van der Waals surface area contributed by atoms with Crippen LogP contribution in [0.2, 0.25) is 0 Å². The first-order chi connectivity index (χ1) is 18.2. The smallest absolute Gasteiger partial charge is 0.241 e. The summed E-state index contributed by atoms with van der Waals surface area (Å²) in [5.74, 6) is 5.47. The molecule has 2 aromatic rings. The van der Waals surface area contributed by atoms with Crippen LogP contribution in [0.15, 0.2) is 59.3 Å². The Hall–Kier alpha value is -2.92. The topological polar surface area (TPSA) is 157 Å². The fourth-order valence-electron chi connectivity index (χ4n) is 3.92. The van der Waals surface area contributed by atoms with Crippen molar-refractivity contribution in [3.63, 3.8) is 0 Å². The Labute approximate surface area is 235 Å². The molecule has 0 bridgehead atoms. The molecule has 1 aliphatic carbocycles. The molecule has 9 nitrogen and oxygen atoms in total. The fraction of sp³-hybridized carbons (Fsp3) is 0.483. The molecule has 0 heterocycles. The number of sulfonamides is 1. The zero-order valence-corrected chi connectivity index (χ0v) is 25.4. The maximum absolute atomic E-state index is 11.5. The summed E-state index contributed by atoms with van der Waals surface area (Å²) in [4.78, 5) is 10.5. The number of hydrazine groups is 1. The monoisotopic (exact) mass is 560 g/mol. The lowest BCUT2D eigenvalue weighted by atomic mass is 9.86. The second kappa shape index (κ2) is 15.6. The highest BCUT2D eigenvalue weighted by molar-refractivity contribution is 7.89. The lowest BCUT2D eigenvalue weighted by Gasteiger charge is -2.32. The summed E-state index contributed by atoms with van der Waals surface area (Å²) in [6, 6.07) is 13.3. The van der Waals surface area contributed by atoms with E-state index in [1.165, 1.54) is 35.2 Å². The van der Waals surface area contributed by atoms with E-state index >= 15 is 0 Å².